The SMILES string of the molecule is CC(C)[C@H](NC(=O)[C@H](CC(=O)O)NC(=O)c1cccc(NC(=O)[C@H](CCCN=C(N)N)NC(=O)OC(C)(C)C)c1)C(=O)O. The normalized spacial score (nSPS) is 13.1. The van der Waals surface area contributed by atoms with Crippen LogP contribution in [0, 0.1) is 5.92 Å². The van der Waals surface area contributed by atoms with Crippen LogP contribution < -0.4 is 32.7 Å². The summed E-state index contributed by atoms with van der Waals surface area (Å²) in [6, 6.07) is 1.60. The molecule has 1 aromatic carbocycles. The Morgan fingerprint density at radius 2 is 1.60 bits per heavy atom. The highest BCUT2D eigenvalue weighted by Gasteiger charge is 2.30. The Morgan fingerprint density at radius 3 is 2.14 bits per heavy atom. The van der Waals surface area contributed by atoms with Gasteiger partial charge in [-0.05, 0) is 57.7 Å². The average Bonchev–Trinajstić information content (AvgIpc) is 2.86. The van der Waals surface area contributed by atoms with Gasteiger partial charge in [0.1, 0.15) is 23.7 Å². The van der Waals surface area contributed by atoms with Gasteiger partial charge in [-0.3, -0.25) is 24.2 Å². The summed E-state index contributed by atoms with van der Waals surface area (Å²) in [6.45, 7) is 8.30. The van der Waals surface area contributed by atoms with Crippen LogP contribution in [0.3, 0.4) is 0 Å². The molecule has 0 aliphatic carbocycles. The van der Waals surface area contributed by atoms with Crippen LogP contribution >= 0.6 is 0 Å². The van der Waals surface area contributed by atoms with Crippen molar-refractivity contribution in [2.75, 3.05) is 11.9 Å². The zero-order valence-corrected chi connectivity index (χ0v) is 24.8. The average molecular weight is 608 g/mol. The summed E-state index contributed by atoms with van der Waals surface area (Å²) in [6.07, 6.45) is -1.16. The molecular weight excluding hydrogens is 566 g/mol. The van der Waals surface area contributed by atoms with Gasteiger partial charge in [0.25, 0.3) is 5.91 Å². The number of aliphatic carboxylic acids is 2. The number of nitrogens with two attached hydrogens (primary N) is 2. The van der Waals surface area contributed by atoms with Crippen LogP contribution in [0.15, 0.2) is 29.3 Å². The number of ether oxygens (including phenoxy) is 1. The van der Waals surface area contributed by atoms with E-state index in [2.05, 4.69) is 26.3 Å². The fourth-order valence-corrected chi connectivity index (χ4v) is 3.58. The van der Waals surface area contributed by atoms with E-state index < -0.39 is 71.8 Å². The van der Waals surface area contributed by atoms with Crippen LogP contribution in [0.1, 0.15) is 64.2 Å². The zero-order valence-electron chi connectivity index (χ0n) is 24.8. The number of nitrogens with one attached hydrogen (secondary N) is 4. The number of anilines is 1. The lowest BCUT2D eigenvalue weighted by atomic mass is 10.0. The van der Waals surface area contributed by atoms with E-state index in [0.717, 1.165) is 0 Å². The first-order valence-electron chi connectivity index (χ1n) is 13.4. The van der Waals surface area contributed by atoms with E-state index in [1.165, 1.54) is 24.3 Å². The van der Waals surface area contributed by atoms with Crippen molar-refractivity contribution in [3.63, 3.8) is 0 Å². The standard InChI is InChI=1S/C27H41N7O9/c1-14(2)20(24(40)41)34-23(39)18(13-19(35)36)32-21(37)15-8-6-9-16(12-15)31-22(38)17(10-7-11-30-25(28)29)33-26(42)43-27(3,4)5/h6,8-9,12,14,17-18,20H,7,10-11,13H2,1-5H3,(H,31,38)(H,32,37)(H,33,42)(H,34,39)(H,35,36)(H,40,41)(H4,28,29,30)/t17-,18-,20-/m0/s1. The van der Waals surface area contributed by atoms with E-state index in [-0.39, 0.29) is 30.2 Å². The molecule has 0 aromatic heterocycles. The number of rotatable bonds is 15. The maximum absolute atomic E-state index is 13.1. The summed E-state index contributed by atoms with van der Waals surface area (Å²) >= 11 is 0. The first kappa shape index (κ1) is 36.1. The van der Waals surface area contributed by atoms with Crippen LogP contribution in [-0.4, -0.2) is 82.2 Å². The fourth-order valence-electron chi connectivity index (χ4n) is 3.58. The summed E-state index contributed by atoms with van der Waals surface area (Å²) in [5.41, 5.74) is 9.95. The molecule has 16 heteroatoms. The lowest BCUT2D eigenvalue weighted by molar-refractivity contribution is -0.144. The molecule has 0 aliphatic heterocycles. The molecule has 10 N–H and O–H groups in total. The summed E-state index contributed by atoms with van der Waals surface area (Å²) in [5, 5.41) is 28.2. The highest BCUT2D eigenvalue weighted by Crippen LogP contribution is 2.14. The molecule has 238 valence electrons. The minimum atomic E-state index is -1.59. The van der Waals surface area contributed by atoms with Gasteiger partial charge in [-0.1, -0.05) is 19.9 Å². The molecule has 0 aliphatic rings. The largest absolute Gasteiger partial charge is 0.481 e. The number of alkyl carbamates (subject to hydrolysis) is 1. The lowest BCUT2D eigenvalue weighted by Gasteiger charge is -2.23. The van der Waals surface area contributed by atoms with Gasteiger partial charge in [0, 0.05) is 17.8 Å². The number of carboxylic acids is 2. The first-order valence-corrected chi connectivity index (χ1v) is 13.4. The van der Waals surface area contributed by atoms with Gasteiger partial charge in [-0.2, -0.15) is 0 Å². The molecule has 0 radical (unpaired) electrons. The van der Waals surface area contributed by atoms with Crippen LogP contribution in [0.2, 0.25) is 0 Å². The van der Waals surface area contributed by atoms with Crippen molar-refractivity contribution in [2.45, 2.75) is 77.6 Å². The summed E-state index contributed by atoms with van der Waals surface area (Å²) in [7, 11) is 0. The Hall–Kier alpha value is -4.89. The molecule has 0 heterocycles. The predicted molar refractivity (Wildman–Crippen MR) is 156 cm³/mol. The number of guanidine groups is 1. The van der Waals surface area contributed by atoms with E-state index >= 15 is 0 Å². The molecule has 1 aromatic rings. The monoisotopic (exact) mass is 607 g/mol. The van der Waals surface area contributed by atoms with E-state index in [1.54, 1.807) is 34.6 Å². The van der Waals surface area contributed by atoms with Crippen molar-refractivity contribution in [2.24, 2.45) is 22.4 Å². The molecule has 0 fully saturated rings. The van der Waals surface area contributed by atoms with E-state index in [4.69, 9.17) is 16.2 Å². The van der Waals surface area contributed by atoms with E-state index in [0.29, 0.717) is 6.42 Å². The first-order chi connectivity index (χ1) is 19.9. The Bertz CT molecular complexity index is 1210. The van der Waals surface area contributed by atoms with Crippen LogP contribution in [-0.2, 0) is 23.9 Å². The van der Waals surface area contributed by atoms with E-state index in [1.807, 2.05) is 0 Å². The molecule has 0 saturated carbocycles. The summed E-state index contributed by atoms with van der Waals surface area (Å²) in [4.78, 5) is 77.8. The van der Waals surface area contributed by atoms with Crippen LogP contribution in [0.25, 0.3) is 0 Å². The number of aliphatic imine (C=N–C) groups is 1. The molecule has 0 unspecified atom stereocenters. The highest BCUT2D eigenvalue weighted by atomic mass is 16.6. The topological polar surface area (TPSA) is 265 Å². The minimum Gasteiger partial charge on any atom is -0.481 e. The molecule has 0 spiro atoms. The predicted octanol–water partition coefficient (Wildman–Crippen LogP) is 0.371. The third kappa shape index (κ3) is 14.0. The lowest BCUT2D eigenvalue weighted by Crippen LogP contribution is -2.53. The number of hydrogen-bond acceptors (Lipinski definition) is 8. The van der Waals surface area contributed by atoms with Gasteiger partial charge in [0.15, 0.2) is 5.96 Å². The third-order valence-electron chi connectivity index (χ3n) is 5.58. The number of benzene rings is 1. The molecule has 4 amide bonds. The van der Waals surface area contributed by atoms with Gasteiger partial charge >= 0.3 is 18.0 Å². The quantitative estimate of drug-likeness (QED) is 0.0766. The highest BCUT2D eigenvalue weighted by molar-refractivity contribution is 6.01. The minimum absolute atomic E-state index is 0.0379. The van der Waals surface area contributed by atoms with Crippen molar-refractivity contribution in [3.05, 3.63) is 29.8 Å². The Balaban J connectivity index is 3.08. The van der Waals surface area contributed by atoms with E-state index in [9.17, 15) is 39.0 Å². The number of carbonyl (C=O) groups is 6. The van der Waals surface area contributed by atoms with Crippen molar-refractivity contribution in [1.29, 1.82) is 0 Å². The summed E-state index contributed by atoms with van der Waals surface area (Å²) < 4.78 is 5.24. The van der Waals surface area contributed by atoms with Crippen molar-refractivity contribution in [3.8, 4) is 0 Å². The third-order valence-corrected chi connectivity index (χ3v) is 5.58. The second-order valence-corrected chi connectivity index (χ2v) is 10.9. The molecule has 43 heavy (non-hydrogen) atoms. The number of hydrogen-bond donors (Lipinski definition) is 8. The summed E-state index contributed by atoms with van der Waals surface area (Å²) in [5.74, 6) is -5.83. The Kier molecular flexibility index (Phi) is 13.9. The molecule has 0 bridgehead atoms. The van der Waals surface area contributed by atoms with Gasteiger partial charge in [0.2, 0.25) is 11.8 Å². The van der Waals surface area contributed by atoms with Crippen LogP contribution in [0.4, 0.5) is 10.5 Å². The molecular formula is C27H41N7O9. The maximum atomic E-state index is 13.1. The zero-order chi connectivity index (χ0) is 32.9. The smallest absolute Gasteiger partial charge is 0.408 e. The number of amides is 4. The second-order valence-electron chi connectivity index (χ2n) is 10.9. The molecule has 1 rings (SSSR count). The Morgan fingerprint density at radius 1 is 0.953 bits per heavy atom. The van der Waals surface area contributed by atoms with Gasteiger partial charge in [0.05, 0.1) is 6.42 Å². The van der Waals surface area contributed by atoms with Gasteiger partial charge < -0.3 is 47.7 Å². The number of nitrogens with zero attached hydrogens (tertiary/aromatic N) is 1. The van der Waals surface area contributed by atoms with Crippen molar-refractivity contribution >= 4 is 47.4 Å². The maximum Gasteiger partial charge on any atom is 0.408 e. The molecule has 16 nitrogen and oxygen atoms in total. The molecule has 0 saturated heterocycles. The van der Waals surface area contributed by atoms with Gasteiger partial charge in [-0.15, -0.1) is 0 Å². The van der Waals surface area contributed by atoms with Crippen molar-refractivity contribution in [1.82, 2.24) is 16.0 Å². The second kappa shape index (κ2) is 16.5. The Labute approximate surface area is 249 Å². The number of carbonyl (C=O) groups excluding carboxylic acids is 4. The van der Waals surface area contributed by atoms with Gasteiger partial charge in [-0.25, -0.2) is 9.59 Å². The van der Waals surface area contributed by atoms with Crippen LogP contribution in [0.5, 0.6) is 0 Å². The van der Waals surface area contributed by atoms with Crippen molar-refractivity contribution < 1.29 is 43.7 Å². The fraction of sp³-hybridized carbons (Fsp3) is 0.519. The number of carboxylic acid groups (broad SMARTS) is 2. The molecule has 3 atom stereocenters.